The summed E-state index contributed by atoms with van der Waals surface area (Å²) in [6, 6.07) is -0.347. The lowest BCUT2D eigenvalue weighted by atomic mass is 10.2. The van der Waals surface area contributed by atoms with Crippen LogP contribution in [0.25, 0.3) is 0 Å². The van der Waals surface area contributed by atoms with Gasteiger partial charge < -0.3 is 16.8 Å². The lowest BCUT2D eigenvalue weighted by Gasteiger charge is -2.10. The first kappa shape index (κ1) is 14.0. The average Bonchev–Trinajstić information content (AvgIpc) is 2.59. The monoisotopic (exact) mass is 253 g/mol. The van der Waals surface area contributed by atoms with E-state index >= 15 is 0 Å². The maximum absolute atomic E-state index is 11.8. The fraction of sp³-hybridized carbons (Fsp3) is 0.545. The zero-order valence-corrected chi connectivity index (χ0v) is 10.6. The maximum Gasteiger partial charge on any atom is 0.274 e. The van der Waals surface area contributed by atoms with E-state index in [2.05, 4.69) is 15.5 Å². The number of amides is 2. The van der Waals surface area contributed by atoms with Crippen LogP contribution in [-0.2, 0) is 11.2 Å². The molecule has 1 aromatic heterocycles. The first-order valence-electron chi connectivity index (χ1n) is 5.87. The molecule has 1 atom stereocenters. The quantitative estimate of drug-likeness (QED) is 0.566. The summed E-state index contributed by atoms with van der Waals surface area (Å²) in [6.45, 7) is 3.70. The predicted octanol–water partition coefficient (Wildman–Crippen LogP) is -0.0619. The van der Waals surface area contributed by atoms with E-state index in [1.165, 1.54) is 0 Å². The first-order valence-corrected chi connectivity index (χ1v) is 5.87. The molecule has 7 heteroatoms. The molecule has 0 aromatic carbocycles. The molecule has 0 aliphatic carbocycles. The number of anilines is 1. The van der Waals surface area contributed by atoms with E-state index in [1.54, 1.807) is 6.92 Å². The van der Waals surface area contributed by atoms with Crippen molar-refractivity contribution in [3.05, 3.63) is 11.4 Å². The second kappa shape index (κ2) is 6.04. The van der Waals surface area contributed by atoms with E-state index in [0.29, 0.717) is 5.69 Å². The minimum absolute atomic E-state index is 0.0812. The highest BCUT2D eigenvalue weighted by Crippen LogP contribution is 2.15. The van der Waals surface area contributed by atoms with Crippen LogP contribution in [0.5, 0.6) is 0 Å². The van der Waals surface area contributed by atoms with Crippen molar-refractivity contribution >= 4 is 17.5 Å². The van der Waals surface area contributed by atoms with Gasteiger partial charge in [0.25, 0.3) is 5.91 Å². The predicted molar refractivity (Wildman–Crippen MR) is 67.7 cm³/mol. The molecule has 0 aliphatic rings. The molecule has 0 spiro atoms. The molecule has 18 heavy (non-hydrogen) atoms. The molecule has 1 unspecified atom stereocenters. The van der Waals surface area contributed by atoms with Gasteiger partial charge in [-0.05, 0) is 13.3 Å². The number of H-pyrrole nitrogens is 1. The number of nitrogen functional groups attached to an aromatic ring is 1. The van der Waals surface area contributed by atoms with Crippen LogP contribution in [0.3, 0.4) is 0 Å². The standard InChI is InChI=1S/C11H19N5O2/c1-3-4-7-9(13)10(16-15-7)11(18)14-6(2)5-8(12)17/h6H,3-5,13H2,1-2H3,(H2,12,17)(H,14,18)(H,15,16). The zero-order chi connectivity index (χ0) is 13.7. The molecule has 2 amide bonds. The topological polar surface area (TPSA) is 127 Å². The second-order valence-corrected chi connectivity index (χ2v) is 4.26. The molecule has 0 fully saturated rings. The molecule has 0 saturated carbocycles. The number of hydrogen-bond donors (Lipinski definition) is 4. The first-order chi connectivity index (χ1) is 8.45. The molecule has 100 valence electrons. The summed E-state index contributed by atoms with van der Waals surface area (Å²) in [4.78, 5) is 22.6. The van der Waals surface area contributed by atoms with Gasteiger partial charge >= 0.3 is 0 Å². The second-order valence-electron chi connectivity index (χ2n) is 4.26. The van der Waals surface area contributed by atoms with Gasteiger partial charge in [0.1, 0.15) is 0 Å². The number of carbonyl (C=O) groups is 2. The molecule has 1 heterocycles. The van der Waals surface area contributed by atoms with E-state index < -0.39 is 11.8 Å². The maximum atomic E-state index is 11.8. The van der Waals surface area contributed by atoms with Crippen LogP contribution < -0.4 is 16.8 Å². The summed E-state index contributed by atoms with van der Waals surface area (Å²) in [5, 5.41) is 9.25. The van der Waals surface area contributed by atoms with Crippen molar-refractivity contribution < 1.29 is 9.59 Å². The number of carbonyl (C=O) groups excluding carboxylic acids is 2. The third kappa shape index (κ3) is 3.47. The summed E-state index contributed by atoms with van der Waals surface area (Å²) in [6.07, 6.45) is 1.73. The normalized spacial score (nSPS) is 12.1. The molecule has 1 rings (SSSR count). The van der Waals surface area contributed by atoms with Gasteiger partial charge in [0, 0.05) is 12.5 Å². The number of aryl methyl sites for hydroxylation is 1. The largest absolute Gasteiger partial charge is 0.395 e. The Morgan fingerprint density at radius 1 is 1.50 bits per heavy atom. The van der Waals surface area contributed by atoms with Crippen molar-refractivity contribution in [1.82, 2.24) is 15.5 Å². The fourth-order valence-corrected chi connectivity index (χ4v) is 1.65. The van der Waals surface area contributed by atoms with E-state index in [1.807, 2.05) is 6.92 Å². The summed E-state index contributed by atoms with van der Waals surface area (Å²) in [5.41, 5.74) is 12.1. The Labute approximate surface area is 105 Å². The van der Waals surface area contributed by atoms with Crippen LogP contribution in [0, 0.1) is 0 Å². The third-order valence-corrected chi connectivity index (χ3v) is 2.48. The third-order valence-electron chi connectivity index (χ3n) is 2.48. The van der Waals surface area contributed by atoms with Gasteiger partial charge in [0.15, 0.2) is 5.69 Å². The Balaban J connectivity index is 2.69. The highest BCUT2D eigenvalue weighted by Gasteiger charge is 2.18. The van der Waals surface area contributed by atoms with Gasteiger partial charge in [-0.3, -0.25) is 14.7 Å². The van der Waals surface area contributed by atoms with Gasteiger partial charge in [-0.1, -0.05) is 13.3 Å². The minimum atomic E-state index is -0.468. The number of nitrogens with zero attached hydrogens (tertiary/aromatic N) is 1. The average molecular weight is 253 g/mol. The number of primary amides is 1. The van der Waals surface area contributed by atoms with Crippen molar-refractivity contribution in [2.75, 3.05) is 5.73 Å². The van der Waals surface area contributed by atoms with Gasteiger partial charge in [-0.25, -0.2) is 0 Å². The fourth-order valence-electron chi connectivity index (χ4n) is 1.65. The van der Waals surface area contributed by atoms with Gasteiger partial charge in [-0.2, -0.15) is 5.10 Å². The van der Waals surface area contributed by atoms with E-state index in [9.17, 15) is 9.59 Å². The Kier molecular flexibility index (Phi) is 4.70. The summed E-state index contributed by atoms with van der Waals surface area (Å²) < 4.78 is 0. The Morgan fingerprint density at radius 2 is 2.17 bits per heavy atom. The van der Waals surface area contributed by atoms with Crippen LogP contribution >= 0.6 is 0 Å². The zero-order valence-electron chi connectivity index (χ0n) is 10.6. The van der Waals surface area contributed by atoms with Crippen molar-refractivity contribution in [2.45, 2.75) is 39.2 Å². The molecular formula is C11H19N5O2. The van der Waals surface area contributed by atoms with Crippen LogP contribution in [0.15, 0.2) is 0 Å². The van der Waals surface area contributed by atoms with Crippen LogP contribution in [0.1, 0.15) is 42.9 Å². The number of nitrogens with one attached hydrogen (secondary N) is 2. The van der Waals surface area contributed by atoms with Crippen molar-refractivity contribution in [3.63, 3.8) is 0 Å². The molecule has 0 bridgehead atoms. The molecule has 7 nitrogen and oxygen atoms in total. The van der Waals surface area contributed by atoms with Crippen molar-refractivity contribution in [3.8, 4) is 0 Å². The number of aromatic nitrogens is 2. The number of hydrogen-bond acceptors (Lipinski definition) is 4. The highest BCUT2D eigenvalue weighted by molar-refractivity contribution is 5.98. The van der Waals surface area contributed by atoms with Gasteiger partial charge in [0.2, 0.25) is 5.91 Å². The lowest BCUT2D eigenvalue weighted by Crippen LogP contribution is -2.36. The van der Waals surface area contributed by atoms with E-state index in [0.717, 1.165) is 18.5 Å². The van der Waals surface area contributed by atoms with E-state index in [4.69, 9.17) is 11.5 Å². The van der Waals surface area contributed by atoms with Crippen LogP contribution in [0.4, 0.5) is 5.69 Å². The Bertz CT molecular complexity index is 441. The lowest BCUT2D eigenvalue weighted by molar-refractivity contribution is -0.118. The minimum Gasteiger partial charge on any atom is -0.395 e. The van der Waals surface area contributed by atoms with Crippen LogP contribution in [-0.4, -0.2) is 28.1 Å². The van der Waals surface area contributed by atoms with Gasteiger partial charge in [0.05, 0.1) is 11.4 Å². The molecule has 0 aliphatic heterocycles. The van der Waals surface area contributed by atoms with Gasteiger partial charge in [-0.15, -0.1) is 0 Å². The highest BCUT2D eigenvalue weighted by atomic mass is 16.2. The number of aromatic amines is 1. The molecule has 0 saturated heterocycles. The molecular weight excluding hydrogens is 234 g/mol. The Morgan fingerprint density at radius 3 is 2.72 bits per heavy atom. The number of nitrogens with two attached hydrogens (primary N) is 2. The summed E-state index contributed by atoms with van der Waals surface area (Å²) in [5.74, 6) is -0.871. The van der Waals surface area contributed by atoms with Crippen LogP contribution in [0.2, 0.25) is 0 Å². The molecule has 6 N–H and O–H groups in total. The van der Waals surface area contributed by atoms with E-state index in [-0.39, 0.29) is 18.2 Å². The summed E-state index contributed by atoms with van der Waals surface area (Å²) in [7, 11) is 0. The van der Waals surface area contributed by atoms with Crippen molar-refractivity contribution in [1.29, 1.82) is 0 Å². The SMILES string of the molecule is CCCc1[nH]nc(C(=O)NC(C)CC(N)=O)c1N. The summed E-state index contributed by atoms with van der Waals surface area (Å²) >= 11 is 0. The smallest absolute Gasteiger partial charge is 0.274 e. The Hall–Kier alpha value is -2.05. The molecule has 1 aromatic rings. The van der Waals surface area contributed by atoms with Crippen molar-refractivity contribution in [2.24, 2.45) is 5.73 Å². The number of rotatable bonds is 6. The molecule has 0 radical (unpaired) electrons.